The fourth-order valence-electron chi connectivity index (χ4n) is 2.80. The van der Waals surface area contributed by atoms with Gasteiger partial charge < -0.3 is 15.5 Å². The van der Waals surface area contributed by atoms with Crippen molar-refractivity contribution in [2.24, 2.45) is 5.92 Å². The molecule has 9 heteroatoms. The number of rotatable bonds is 3. The minimum absolute atomic E-state index is 0. The molecule has 0 radical (unpaired) electrons. The number of pyridine rings is 1. The summed E-state index contributed by atoms with van der Waals surface area (Å²) >= 11 is 0. The van der Waals surface area contributed by atoms with Gasteiger partial charge in [0.15, 0.2) is 9.84 Å². The molecule has 3 rings (SSSR count). The number of carbonyl (C=O) groups is 1. The zero-order valence-corrected chi connectivity index (χ0v) is 14.3. The van der Waals surface area contributed by atoms with Gasteiger partial charge in [-0.25, -0.2) is 13.4 Å². The number of anilines is 2. The van der Waals surface area contributed by atoms with Crippen LogP contribution < -0.4 is 15.5 Å². The van der Waals surface area contributed by atoms with Gasteiger partial charge in [-0.2, -0.15) is 0 Å². The Morgan fingerprint density at radius 2 is 2.04 bits per heavy atom. The van der Waals surface area contributed by atoms with Crippen LogP contribution in [0.4, 0.5) is 11.5 Å². The van der Waals surface area contributed by atoms with E-state index < -0.39 is 15.8 Å². The van der Waals surface area contributed by atoms with Crippen LogP contribution in [0.25, 0.3) is 0 Å². The highest BCUT2D eigenvalue weighted by Gasteiger charge is 2.33. The summed E-state index contributed by atoms with van der Waals surface area (Å²) in [5.74, 6) is -0.214. The van der Waals surface area contributed by atoms with Crippen molar-refractivity contribution in [2.45, 2.75) is 6.42 Å². The van der Waals surface area contributed by atoms with Crippen LogP contribution in [0.15, 0.2) is 18.3 Å². The summed E-state index contributed by atoms with van der Waals surface area (Å²) in [6, 6.07) is 3.69. The standard InChI is InChI=1S/C14H20N4O3S.ClH/c19-14(11-3-8-22(20,21)10-11)17-13-2-1-12(9-16-13)18-6-4-15-5-7-18;/h1-2,9,11,15H,3-8,10H2,(H,16,17,19);1H. The number of sulfone groups is 1. The van der Waals surface area contributed by atoms with Crippen LogP contribution in [0.5, 0.6) is 0 Å². The van der Waals surface area contributed by atoms with E-state index >= 15 is 0 Å². The van der Waals surface area contributed by atoms with E-state index in [1.165, 1.54) is 0 Å². The van der Waals surface area contributed by atoms with Crippen LogP contribution in [0, 0.1) is 5.92 Å². The van der Waals surface area contributed by atoms with Gasteiger partial charge in [-0.15, -0.1) is 12.4 Å². The first-order valence-corrected chi connectivity index (χ1v) is 9.29. The van der Waals surface area contributed by atoms with Gasteiger partial charge in [-0.05, 0) is 18.6 Å². The van der Waals surface area contributed by atoms with E-state index in [4.69, 9.17) is 0 Å². The van der Waals surface area contributed by atoms with E-state index in [-0.39, 0.29) is 29.8 Å². The van der Waals surface area contributed by atoms with Gasteiger partial charge in [0.25, 0.3) is 0 Å². The predicted octanol–water partition coefficient (Wildman–Crippen LogP) is 0.286. The molecule has 2 aliphatic rings. The monoisotopic (exact) mass is 360 g/mol. The minimum Gasteiger partial charge on any atom is -0.368 e. The molecule has 23 heavy (non-hydrogen) atoms. The van der Waals surface area contributed by atoms with E-state index in [9.17, 15) is 13.2 Å². The fourth-order valence-corrected chi connectivity index (χ4v) is 4.54. The Kier molecular flexibility index (Phi) is 5.83. The largest absolute Gasteiger partial charge is 0.368 e. The molecule has 0 aromatic carbocycles. The first kappa shape index (κ1) is 18.0. The molecule has 128 valence electrons. The third-order valence-corrected chi connectivity index (χ3v) is 5.85. The summed E-state index contributed by atoms with van der Waals surface area (Å²) < 4.78 is 22.8. The number of amides is 1. The topological polar surface area (TPSA) is 91.4 Å². The maximum absolute atomic E-state index is 12.1. The predicted molar refractivity (Wildman–Crippen MR) is 92.0 cm³/mol. The lowest BCUT2D eigenvalue weighted by Crippen LogP contribution is -2.43. The third-order valence-electron chi connectivity index (χ3n) is 4.08. The molecule has 1 aromatic rings. The molecule has 3 heterocycles. The molecule has 0 saturated carbocycles. The van der Waals surface area contributed by atoms with Gasteiger partial charge in [0.1, 0.15) is 5.82 Å². The Morgan fingerprint density at radius 1 is 1.30 bits per heavy atom. The lowest BCUT2D eigenvalue weighted by Gasteiger charge is -2.29. The maximum Gasteiger partial charge on any atom is 0.229 e. The molecule has 1 atom stereocenters. The molecular weight excluding hydrogens is 340 g/mol. The maximum atomic E-state index is 12.1. The summed E-state index contributed by atoms with van der Waals surface area (Å²) in [5.41, 5.74) is 1.03. The van der Waals surface area contributed by atoms with Crippen molar-refractivity contribution in [1.29, 1.82) is 0 Å². The molecule has 0 spiro atoms. The molecule has 0 aliphatic carbocycles. The number of hydrogen-bond donors (Lipinski definition) is 2. The van der Waals surface area contributed by atoms with Crippen molar-refractivity contribution in [3.8, 4) is 0 Å². The van der Waals surface area contributed by atoms with Crippen LogP contribution in [-0.4, -0.2) is 57.0 Å². The summed E-state index contributed by atoms with van der Waals surface area (Å²) in [6.07, 6.45) is 2.14. The van der Waals surface area contributed by atoms with E-state index in [2.05, 4.69) is 20.5 Å². The number of piperazine rings is 1. The summed E-state index contributed by atoms with van der Waals surface area (Å²) in [6.45, 7) is 3.78. The highest BCUT2D eigenvalue weighted by molar-refractivity contribution is 7.91. The van der Waals surface area contributed by atoms with Crippen molar-refractivity contribution in [3.05, 3.63) is 18.3 Å². The molecule has 2 aliphatic heterocycles. The number of nitrogens with one attached hydrogen (secondary N) is 2. The zero-order valence-electron chi connectivity index (χ0n) is 12.7. The van der Waals surface area contributed by atoms with Crippen molar-refractivity contribution >= 4 is 39.7 Å². The molecule has 0 bridgehead atoms. The van der Waals surface area contributed by atoms with E-state index in [1.54, 1.807) is 12.3 Å². The average Bonchev–Trinajstić information content (AvgIpc) is 2.89. The number of aromatic nitrogens is 1. The van der Waals surface area contributed by atoms with Crippen LogP contribution in [0.1, 0.15) is 6.42 Å². The lowest BCUT2D eigenvalue weighted by molar-refractivity contribution is -0.119. The zero-order chi connectivity index (χ0) is 15.6. The van der Waals surface area contributed by atoms with Gasteiger partial charge in [-0.3, -0.25) is 4.79 Å². The molecule has 1 aromatic heterocycles. The molecule has 2 N–H and O–H groups in total. The number of hydrogen-bond acceptors (Lipinski definition) is 6. The van der Waals surface area contributed by atoms with Crippen molar-refractivity contribution in [2.75, 3.05) is 47.9 Å². The Hall–Kier alpha value is -1.38. The van der Waals surface area contributed by atoms with Gasteiger partial charge in [0.05, 0.1) is 29.3 Å². The van der Waals surface area contributed by atoms with Gasteiger partial charge in [0, 0.05) is 26.2 Å². The normalized spacial score (nSPS) is 23.1. The summed E-state index contributed by atoms with van der Waals surface area (Å²) in [4.78, 5) is 18.5. The SMILES string of the molecule is Cl.O=C(Nc1ccc(N2CCNCC2)cn1)C1CCS(=O)(=O)C1. The fraction of sp³-hybridized carbons (Fsp3) is 0.571. The lowest BCUT2D eigenvalue weighted by atomic mass is 10.1. The first-order chi connectivity index (χ1) is 10.5. The highest BCUT2D eigenvalue weighted by Crippen LogP contribution is 2.21. The summed E-state index contributed by atoms with van der Waals surface area (Å²) in [7, 11) is -3.05. The molecule has 1 unspecified atom stereocenters. The van der Waals surface area contributed by atoms with Crippen LogP contribution in [-0.2, 0) is 14.6 Å². The molecule has 2 saturated heterocycles. The third kappa shape index (κ3) is 4.55. The smallest absolute Gasteiger partial charge is 0.229 e. The molecule has 1 amide bonds. The van der Waals surface area contributed by atoms with Crippen LogP contribution in [0.3, 0.4) is 0 Å². The second kappa shape index (κ2) is 7.46. The Bertz CT molecular complexity index is 644. The van der Waals surface area contributed by atoms with E-state index in [1.807, 2.05) is 6.07 Å². The minimum atomic E-state index is -3.05. The Morgan fingerprint density at radius 3 is 2.61 bits per heavy atom. The number of carbonyl (C=O) groups excluding carboxylic acids is 1. The Balaban J connectivity index is 0.00000192. The summed E-state index contributed by atoms with van der Waals surface area (Å²) in [5, 5.41) is 6.00. The quantitative estimate of drug-likeness (QED) is 0.805. The molecular formula is C14H21ClN4O3S. The molecule has 7 nitrogen and oxygen atoms in total. The van der Waals surface area contributed by atoms with Crippen LogP contribution >= 0.6 is 12.4 Å². The number of halogens is 1. The second-order valence-electron chi connectivity index (χ2n) is 5.73. The molecule has 2 fully saturated rings. The van der Waals surface area contributed by atoms with Gasteiger partial charge in [0.2, 0.25) is 5.91 Å². The van der Waals surface area contributed by atoms with E-state index in [0.29, 0.717) is 12.2 Å². The number of nitrogens with zero attached hydrogens (tertiary/aromatic N) is 2. The van der Waals surface area contributed by atoms with Crippen molar-refractivity contribution in [3.63, 3.8) is 0 Å². The van der Waals surface area contributed by atoms with Gasteiger partial charge in [-0.1, -0.05) is 0 Å². The highest BCUT2D eigenvalue weighted by atomic mass is 35.5. The van der Waals surface area contributed by atoms with E-state index in [0.717, 1.165) is 31.9 Å². The van der Waals surface area contributed by atoms with Gasteiger partial charge >= 0.3 is 0 Å². The Labute approximate surface area is 142 Å². The average molecular weight is 361 g/mol. The van der Waals surface area contributed by atoms with Crippen molar-refractivity contribution < 1.29 is 13.2 Å². The second-order valence-corrected chi connectivity index (χ2v) is 7.96. The van der Waals surface area contributed by atoms with Crippen LogP contribution in [0.2, 0.25) is 0 Å². The first-order valence-electron chi connectivity index (χ1n) is 7.46. The van der Waals surface area contributed by atoms with Crippen molar-refractivity contribution in [1.82, 2.24) is 10.3 Å².